The van der Waals surface area contributed by atoms with E-state index in [1.54, 1.807) is 18.1 Å². The zero-order valence-corrected chi connectivity index (χ0v) is 14.8. The molecule has 1 aromatic carbocycles. The Hall–Kier alpha value is -2.06. The second-order valence-electron chi connectivity index (χ2n) is 7.00. The number of carbonyl (C=O) groups excluding carboxylic acids is 1. The summed E-state index contributed by atoms with van der Waals surface area (Å²) < 4.78 is 11.1. The van der Waals surface area contributed by atoms with Crippen LogP contribution >= 0.6 is 0 Å². The van der Waals surface area contributed by atoms with Crippen molar-refractivity contribution in [2.75, 3.05) is 20.2 Å². The normalized spacial score (nSPS) is 16.1. The summed E-state index contributed by atoms with van der Waals surface area (Å²) in [6.07, 6.45) is 2.26. The highest BCUT2D eigenvalue weighted by molar-refractivity contribution is 5.68. The van der Waals surface area contributed by atoms with Crippen molar-refractivity contribution in [3.8, 4) is 6.07 Å². The van der Waals surface area contributed by atoms with Crippen molar-refractivity contribution in [3.63, 3.8) is 0 Å². The Labute approximate surface area is 144 Å². The number of ether oxygens (including phenoxy) is 2. The van der Waals surface area contributed by atoms with Gasteiger partial charge in [-0.2, -0.15) is 5.26 Å². The van der Waals surface area contributed by atoms with Gasteiger partial charge in [0.1, 0.15) is 11.7 Å². The van der Waals surface area contributed by atoms with E-state index in [2.05, 4.69) is 6.07 Å². The van der Waals surface area contributed by atoms with Gasteiger partial charge >= 0.3 is 6.09 Å². The molecule has 0 atom stereocenters. The van der Waals surface area contributed by atoms with Crippen LogP contribution in [0.1, 0.15) is 44.7 Å². The smallest absolute Gasteiger partial charge is 0.410 e. The van der Waals surface area contributed by atoms with Crippen LogP contribution in [-0.4, -0.2) is 36.8 Å². The first-order valence-corrected chi connectivity index (χ1v) is 8.23. The summed E-state index contributed by atoms with van der Waals surface area (Å²) >= 11 is 0. The third-order valence-electron chi connectivity index (χ3n) is 4.01. The molecule has 1 amide bonds. The molecule has 24 heavy (non-hydrogen) atoms. The second kappa shape index (κ2) is 7.67. The van der Waals surface area contributed by atoms with Gasteiger partial charge in [0.05, 0.1) is 11.6 Å². The molecule has 129 valence electrons. The molecule has 1 saturated heterocycles. The highest BCUT2D eigenvalue weighted by Crippen LogP contribution is 2.33. The van der Waals surface area contributed by atoms with Crippen LogP contribution in [0, 0.1) is 23.4 Å². The summed E-state index contributed by atoms with van der Waals surface area (Å²) in [6.45, 7) is 6.90. The Morgan fingerprint density at radius 2 is 1.96 bits per heavy atom. The first-order valence-electron chi connectivity index (χ1n) is 8.23. The summed E-state index contributed by atoms with van der Waals surface area (Å²) in [4.78, 5) is 13.9. The SMILES string of the molecule is CO[C](c1cccc(C#N)c1)C1CCN(C(=O)OC(C)(C)C)CC1. The molecule has 0 unspecified atom stereocenters. The number of hydrogen-bond acceptors (Lipinski definition) is 4. The summed E-state index contributed by atoms with van der Waals surface area (Å²) in [5.41, 5.74) is 1.08. The topological polar surface area (TPSA) is 62.6 Å². The van der Waals surface area contributed by atoms with Crippen molar-refractivity contribution in [2.45, 2.75) is 39.2 Å². The molecule has 1 aromatic rings. The van der Waals surface area contributed by atoms with Crippen LogP contribution in [0.3, 0.4) is 0 Å². The molecule has 0 aliphatic carbocycles. The molecule has 1 fully saturated rings. The van der Waals surface area contributed by atoms with Gasteiger partial charge in [-0.05, 0) is 57.2 Å². The van der Waals surface area contributed by atoms with E-state index in [9.17, 15) is 4.79 Å². The number of methoxy groups -OCH3 is 1. The Bertz CT molecular complexity index is 608. The summed E-state index contributed by atoms with van der Waals surface area (Å²) in [5.74, 6) is 0.239. The standard InChI is InChI=1S/C19H25N2O3/c1-19(2,3)24-18(22)21-10-8-15(9-11-21)17(23-4)16-7-5-6-14(12-16)13-20/h5-7,12,15H,8-11H2,1-4H3. The summed E-state index contributed by atoms with van der Waals surface area (Å²) in [7, 11) is 1.66. The number of likely N-dealkylation sites (tertiary alicyclic amines) is 1. The maximum Gasteiger partial charge on any atom is 0.410 e. The summed E-state index contributed by atoms with van der Waals surface area (Å²) in [5, 5.41) is 9.06. The van der Waals surface area contributed by atoms with Crippen molar-refractivity contribution in [3.05, 3.63) is 41.5 Å². The Balaban J connectivity index is 1.99. The number of amides is 1. The summed E-state index contributed by atoms with van der Waals surface area (Å²) in [6, 6.07) is 9.60. The fourth-order valence-corrected chi connectivity index (χ4v) is 2.91. The van der Waals surface area contributed by atoms with Gasteiger partial charge in [0.25, 0.3) is 0 Å². The predicted octanol–water partition coefficient (Wildman–Crippen LogP) is 3.73. The zero-order chi connectivity index (χ0) is 17.7. The molecule has 1 radical (unpaired) electrons. The van der Waals surface area contributed by atoms with Crippen LogP contribution in [-0.2, 0) is 9.47 Å². The first kappa shape index (κ1) is 18.3. The molecule has 2 rings (SSSR count). The average molecular weight is 329 g/mol. The molecule has 0 saturated carbocycles. The average Bonchev–Trinajstić information content (AvgIpc) is 2.55. The number of benzene rings is 1. The minimum atomic E-state index is -0.477. The number of rotatable bonds is 3. The minimum Gasteiger partial charge on any atom is -0.444 e. The van der Waals surface area contributed by atoms with E-state index >= 15 is 0 Å². The van der Waals surface area contributed by atoms with Crippen molar-refractivity contribution in [1.29, 1.82) is 5.26 Å². The van der Waals surface area contributed by atoms with Gasteiger partial charge in [-0.15, -0.1) is 0 Å². The van der Waals surface area contributed by atoms with Crippen LogP contribution in [0.15, 0.2) is 24.3 Å². The van der Waals surface area contributed by atoms with Gasteiger partial charge in [0.2, 0.25) is 0 Å². The quantitative estimate of drug-likeness (QED) is 0.847. The molecule has 0 N–H and O–H groups in total. The number of nitrogens with zero attached hydrogens (tertiary/aromatic N) is 2. The van der Waals surface area contributed by atoms with Gasteiger partial charge in [-0.3, -0.25) is 0 Å². The predicted molar refractivity (Wildman–Crippen MR) is 91.0 cm³/mol. The fraction of sp³-hybridized carbons (Fsp3) is 0.526. The van der Waals surface area contributed by atoms with Crippen LogP contribution in [0.25, 0.3) is 0 Å². The van der Waals surface area contributed by atoms with E-state index in [0.717, 1.165) is 24.5 Å². The van der Waals surface area contributed by atoms with Crippen LogP contribution < -0.4 is 0 Å². The maximum absolute atomic E-state index is 12.1. The van der Waals surface area contributed by atoms with Gasteiger partial charge in [0.15, 0.2) is 0 Å². The minimum absolute atomic E-state index is 0.239. The molecule has 1 aliphatic rings. The fourth-order valence-electron chi connectivity index (χ4n) is 2.91. The van der Waals surface area contributed by atoms with Crippen LogP contribution in [0.4, 0.5) is 4.79 Å². The lowest BCUT2D eigenvalue weighted by Gasteiger charge is -2.35. The number of hydrogen-bond donors (Lipinski definition) is 0. The lowest BCUT2D eigenvalue weighted by molar-refractivity contribution is 0.0158. The van der Waals surface area contributed by atoms with Gasteiger partial charge in [0, 0.05) is 20.2 Å². The van der Waals surface area contributed by atoms with E-state index in [1.165, 1.54) is 0 Å². The van der Waals surface area contributed by atoms with E-state index in [1.807, 2.05) is 39.0 Å². The molecule has 1 heterocycles. The van der Waals surface area contributed by atoms with E-state index in [4.69, 9.17) is 14.7 Å². The Morgan fingerprint density at radius 1 is 1.29 bits per heavy atom. The van der Waals surface area contributed by atoms with Crippen molar-refractivity contribution >= 4 is 6.09 Å². The van der Waals surface area contributed by atoms with E-state index in [0.29, 0.717) is 18.7 Å². The molecule has 0 aromatic heterocycles. The molecular weight excluding hydrogens is 304 g/mol. The Kier molecular flexibility index (Phi) is 5.84. The molecule has 1 aliphatic heterocycles. The van der Waals surface area contributed by atoms with Crippen molar-refractivity contribution in [2.24, 2.45) is 5.92 Å². The number of carbonyl (C=O) groups is 1. The molecule has 0 bridgehead atoms. The van der Waals surface area contributed by atoms with E-state index < -0.39 is 5.60 Å². The highest BCUT2D eigenvalue weighted by Gasteiger charge is 2.32. The first-order chi connectivity index (χ1) is 11.3. The molecular formula is C19H25N2O3. The molecule has 5 nitrogen and oxygen atoms in total. The lowest BCUT2D eigenvalue weighted by atomic mass is 9.87. The van der Waals surface area contributed by atoms with Crippen LogP contribution in [0.2, 0.25) is 0 Å². The number of piperidine rings is 1. The molecule has 0 spiro atoms. The van der Waals surface area contributed by atoms with Crippen molar-refractivity contribution < 1.29 is 14.3 Å². The largest absolute Gasteiger partial charge is 0.444 e. The molecule has 5 heteroatoms. The van der Waals surface area contributed by atoms with Gasteiger partial charge in [-0.1, -0.05) is 12.1 Å². The zero-order valence-electron chi connectivity index (χ0n) is 14.8. The van der Waals surface area contributed by atoms with Gasteiger partial charge < -0.3 is 14.4 Å². The van der Waals surface area contributed by atoms with Gasteiger partial charge in [-0.25, -0.2) is 4.79 Å². The third-order valence-corrected chi connectivity index (χ3v) is 4.01. The van der Waals surface area contributed by atoms with Crippen molar-refractivity contribution in [1.82, 2.24) is 4.90 Å². The van der Waals surface area contributed by atoms with E-state index in [-0.39, 0.29) is 12.0 Å². The monoisotopic (exact) mass is 329 g/mol. The maximum atomic E-state index is 12.1. The second-order valence-corrected chi connectivity index (χ2v) is 7.00. The number of nitriles is 1. The van der Waals surface area contributed by atoms with Crippen LogP contribution in [0.5, 0.6) is 0 Å². The third kappa shape index (κ3) is 4.72. The Morgan fingerprint density at radius 3 is 2.50 bits per heavy atom. The highest BCUT2D eigenvalue weighted by atomic mass is 16.6. The lowest BCUT2D eigenvalue weighted by Crippen LogP contribution is -2.42.